The molecule has 0 saturated carbocycles. The highest BCUT2D eigenvalue weighted by Crippen LogP contribution is 2.35. The first-order valence-electron chi connectivity index (χ1n) is 4.48. The van der Waals surface area contributed by atoms with E-state index in [0.717, 1.165) is 12.5 Å². The normalized spacial score (nSPS) is 12.3. The molecule has 0 unspecified atom stereocenters. The van der Waals surface area contributed by atoms with Gasteiger partial charge in [-0.1, -0.05) is 36.7 Å². The Hall–Kier alpha value is -0.960. The van der Waals surface area contributed by atoms with Crippen LogP contribution in [0.25, 0.3) is 6.08 Å². The van der Waals surface area contributed by atoms with E-state index in [1.807, 2.05) is 13.0 Å². The van der Waals surface area contributed by atoms with Gasteiger partial charge in [-0.05, 0) is 24.1 Å². The van der Waals surface area contributed by atoms with E-state index in [1.165, 1.54) is 12.1 Å². The Morgan fingerprint density at radius 1 is 1.33 bits per heavy atom. The number of allylic oxidation sites excluding steroid dienone is 1. The van der Waals surface area contributed by atoms with Gasteiger partial charge in [-0.15, -0.1) is 0 Å². The van der Waals surface area contributed by atoms with Gasteiger partial charge < -0.3 is 0 Å². The first-order chi connectivity index (χ1) is 6.95. The molecule has 0 N–H and O–H groups in total. The number of benzene rings is 1. The minimum atomic E-state index is -4.38. The van der Waals surface area contributed by atoms with Crippen molar-refractivity contribution in [1.29, 1.82) is 0 Å². The minimum Gasteiger partial charge on any atom is -0.166 e. The Balaban J connectivity index is 3.04. The van der Waals surface area contributed by atoms with Crippen molar-refractivity contribution < 1.29 is 13.2 Å². The fourth-order valence-corrected chi connectivity index (χ4v) is 1.41. The first kappa shape index (κ1) is 12.1. The summed E-state index contributed by atoms with van der Waals surface area (Å²) in [6.07, 6.45) is 0.0493. The molecule has 1 aromatic carbocycles. The van der Waals surface area contributed by atoms with E-state index >= 15 is 0 Å². The molecule has 0 aliphatic rings. The van der Waals surface area contributed by atoms with Crippen LogP contribution in [0.3, 0.4) is 0 Å². The third kappa shape index (κ3) is 3.27. The summed E-state index contributed by atoms with van der Waals surface area (Å²) in [5.74, 6) is 0. The van der Waals surface area contributed by atoms with Crippen LogP contribution >= 0.6 is 11.6 Å². The lowest BCUT2D eigenvalue weighted by atomic mass is 10.1. The number of hydrogen-bond acceptors (Lipinski definition) is 0. The smallest absolute Gasteiger partial charge is 0.166 e. The van der Waals surface area contributed by atoms with Gasteiger partial charge in [0.2, 0.25) is 0 Å². The van der Waals surface area contributed by atoms with Crippen LogP contribution in [0.15, 0.2) is 24.3 Å². The SMILES string of the molecule is CC/C=C/c1ccc(C(F)(F)F)c(Cl)c1. The molecular weight excluding hydrogens is 225 g/mol. The second-order valence-electron chi connectivity index (χ2n) is 3.05. The second kappa shape index (κ2) is 4.71. The van der Waals surface area contributed by atoms with Gasteiger partial charge in [0.25, 0.3) is 0 Å². The van der Waals surface area contributed by atoms with E-state index in [0.29, 0.717) is 5.56 Å². The van der Waals surface area contributed by atoms with Crippen molar-refractivity contribution >= 4 is 17.7 Å². The summed E-state index contributed by atoms with van der Waals surface area (Å²) < 4.78 is 37.0. The van der Waals surface area contributed by atoms with E-state index < -0.39 is 11.7 Å². The fourth-order valence-electron chi connectivity index (χ4n) is 1.12. The Labute approximate surface area is 91.4 Å². The maximum absolute atomic E-state index is 12.3. The van der Waals surface area contributed by atoms with Crippen LogP contribution in [-0.2, 0) is 6.18 Å². The number of alkyl halides is 3. The highest BCUT2D eigenvalue weighted by atomic mass is 35.5. The molecule has 0 aliphatic carbocycles. The minimum absolute atomic E-state index is 0.263. The third-order valence-corrected chi connectivity index (χ3v) is 2.16. The van der Waals surface area contributed by atoms with Gasteiger partial charge in [0, 0.05) is 0 Å². The van der Waals surface area contributed by atoms with E-state index in [1.54, 1.807) is 6.08 Å². The highest BCUT2D eigenvalue weighted by molar-refractivity contribution is 6.31. The Morgan fingerprint density at radius 2 is 2.00 bits per heavy atom. The lowest BCUT2D eigenvalue weighted by Crippen LogP contribution is -2.05. The van der Waals surface area contributed by atoms with Gasteiger partial charge in [-0.3, -0.25) is 0 Å². The molecule has 0 amide bonds. The molecule has 4 heteroatoms. The van der Waals surface area contributed by atoms with Crippen molar-refractivity contribution in [3.05, 3.63) is 40.4 Å². The molecule has 0 saturated heterocycles. The molecule has 15 heavy (non-hydrogen) atoms. The van der Waals surface area contributed by atoms with E-state index in [4.69, 9.17) is 11.6 Å². The second-order valence-corrected chi connectivity index (χ2v) is 3.45. The molecule has 1 rings (SSSR count). The number of hydrogen-bond donors (Lipinski definition) is 0. The van der Waals surface area contributed by atoms with Gasteiger partial charge in [0.1, 0.15) is 0 Å². The molecule has 0 fully saturated rings. The van der Waals surface area contributed by atoms with Crippen molar-refractivity contribution in [2.45, 2.75) is 19.5 Å². The Morgan fingerprint density at radius 3 is 2.47 bits per heavy atom. The molecule has 0 aliphatic heterocycles. The van der Waals surface area contributed by atoms with Crippen molar-refractivity contribution in [2.75, 3.05) is 0 Å². The summed E-state index contributed by atoms with van der Waals surface area (Å²) in [4.78, 5) is 0. The summed E-state index contributed by atoms with van der Waals surface area (Å²) in [6, 6.07) is 3.72. The van der Waals surface area contributed by atoms with Crippen molar-refractivity contribution in [2.24, 2.45) is 0 Å². The van der Waals surface area contributed by atoms with Crippen molar-refractivity contribution in [3.63, 3.8) is 0 Å². The van der Waals surface area contributed by atoms with Crippen LogP contribution in [0.4, 0.5) is 13.2 Å². The molecular formula is C11H10ClF3. The average Bonchev–Trinajstić information content (AvgIpc) is 2.12. The zero-order valence-electron chi connectivity index (χ0n) is 8.11. The summed E-state index contributed by atoms with van der Waals surface area (Å²) in [7, 11) is 0. The van der Waals surface area contributed by atoms with Crippen LogP contribution < -0.4 is 0 Å². The Bertz CT molecular complexity index is 367. The largest absolute Gasteiger partial charge is 0.417 e. The number of halogens is 4. The zero-order chi connectivity index (χ0) is 11.5. The van der Waals surface area contributed by atoms with Gasteiger partial charge in [0.15, 0.2) is 0 Å². The monoisotopic (exact) mass is 234 g/mol. The molecule has 1 aromatic rings. The molecule has 0 bridgehead atoms. The zero-order valence-corrected chi connectivity index (χ0v) is 8.86. The summed E-state index contributed by atoms with van der Waals surface area (Å²) in [5.41, 5.74) is -0.118. The molecule has 0 nitrogen and oxygen atoms in total. The van der Waals surface area contributed by atoms with Crippen LogP contribution in [-0.4, -0.2) is 0 Å². The van der Waals surface area contributed by atoms with E-state index in [9.17, 15) is 13.2 Å². The standard InChI is InChI=1S/C11H10ClF3/c1-2-3-4-8-5-6-9(10(12)7-8)11(13,14)15/h3-7H,2H2,1H3/b4-3+. The van der Waals surface area contributed by atoms with Gasteiger partial charge in [-0.2, -0.15) is 13.2 Å². The van der Waals surface area contributed by atoms with Crippen molar-refractivity contribution in [1.82, 2.24) is 0 Å². The fraction of sp³-hybridized carbons (Fsp3) is 0.273. The van der Waals surface area contributed by atoms with Gasteiger partial charge in [0.05, 0.1) is 10.6 Å². The van der Waals surface area contributed by atoms with Crippen LogP contribution in [0, 0.1) is 0 Å². The maximum atomic E-state index is 12.3. The lowest BCUT2D eigenvalue weighted by molar-refractivity contribution is -0.137. The summed E-state index contributed by atoms with van der Waals surface area (Å²) in [5, 5.41) is -0.263. The molecule has 82 valence electrons. The van der Waals surface area contributed by atoms with Gasteiger partial charge >= 0.3 is 6.18 Å². The molecule has 0 spiro atoms. The molecule has 0 heterocycles. The van der Waals surface area contributed by atoms with Gasteiger partial charge in [-0.25, -0.2) is 0 Å². The predicted molar refractivity (Wildman–Crippen MR) is 55.8 cm³/mol. The molecule has 0 radical (unpaired) electrons. The summed E-state index contributed by atoms with van der Waals surface area (Å²) >= 11 is 5.54. The van der Waals surface area contributed by atoms with E-state index in [-0.39, 0.29) is 5.02 Å². The third-order valence-electron chi connectivity index (χ3n) is 1.84. The number of rotatable bonds is 2. The molecule has 0 atom stereocenters. The van der Waals surface area contributed by atoms with Crippen LogP contribution in [0.5, 0.6) is 0 Å². The van der Waals surface area contributed by atoms with Crippen LogP contribution in [0.2, 0.25) is 5.02 Å². The van der Waals surface area contributed by atoms with Crippen LogP contribution in [0.1, 0.15) is 24.5 Å². The quantitative estimate of drug-likeness (QED) is 0.691. The predicted octanol–water partition coefficient (Wildman–Crippen LogP) is 4.78. The lowest BCUT2D eigenvalue weighted by Gasteiger charge is -2.08. The Kier molecular flexibility index (Phi) is 3.80. The average molecular weight is 235 g/mol. The maximum Gasteiger partial charge on any atom is 0.417 e. The first-order valence-corrected chi connectivity index (χ1v) is 4.86. The highest BCUT2D eigenvalue weighted by Gasteiger charge is 2.32. The molecule has 0 aromatic heterocycles. The topological polar surface area (TPSA) is 0 Å². The summed E-state index contributed by atoms with van der Waals surface area (Å²) in [6.45, 7) is 1.95. The van der Waals surface area contributed by atoms with E-state index in [2.05, 4.69) is 0 Å². The van der Waals surface area contributed by atoms with Crippen molar-refractivity contribution in [3.8, 4) is 0 Å².